The van der Waals surface area contributed by atoms with Gasteiger partial charge in [0.1, 0.15) is 11.9 Å². The molecule has 0 saturated heterocycles. The van der Waals surface area contributed by atoms with E-state index in [2.05, 4.69) is 30.2 Å². The standard InChI is InChI=1S/C15H21N3/c1-4-17-15-13(9-16)8-12-7-11(10(2)3)5-6-14(12)18-15/h8,10-11H,4-7H2,1-3H3,(H,17,18). The minimum absolute atomic E-state index is 0.681. The Hall–Kier alpha value is -1.56. The van der Waals surface area contributed by atoms with Gasteiger partial charge >= 0.3 is 0 Å². The molecule has 1 aliphatic carbocycles. The molecule has 0 fully saturated rings. The average molecular weight is 243 g/mol. The second kappa shape index (κ2) is 5.39. The van der Waals surface area contributed by atoms with Crippen molar-refractivity contribution in [1.29, 1.82) is 5.26 Å². The lowest BCUT2D eigenvalue weighted by Gasteiger charge is -2.27. The maximum absolute atomic E-state index is 9.19. The first-order valence-corrected chi connectivity index (χ1v) is 6.82. The quantitative estimate of drug-likeness (QED) is 0.887. The average Bonchev–Trinajstić information content (AvgIpc) is 2.37. The van der Waals surface area contributed by atoms with Gasteiger partial charge in [-0.3, -0.25) is 0 Å². The second-order valence-corrected chi connectivity index (χ2v) is 5.38. The number of hydrogen-bond acceptors (Lipinski definition) is 3. The minimum atomic E-state index is 0.681. The number of aryl methyl sites for hydroxylation is 1. The minimum Gasteiger partial charge on any atom is -0.369 e. The van der Waals surface area contributed by atoms with E-state index in [4.69, 9.17) is 0 Å². The molecule has 2 rings (SSSR count). The van der Waals surface area contributed by atoms with Crippen molar-refractivity contribution in [3.63, 3.8) is 0 Å². The van der Waals surface area contributed by atoms with Gasteiger partial charge in [0.15, 0.2) is 0 Å². The summed E-state index contributed by atoms with van der Waals surface area (Å²) >= 11 is 0. The molecule has 0 aromatic carbocycles. The summed E-state index contributed by atoms with van der Waals surface area (Å²) in [7, 11) is 0. The van der Waals surface area contributed by atoms with Crippen molar-refractivity contribution in [1.82, 2.24) is 4.98 Å². The van der Waals surface area contributed by atoms with Crippen LogP contribution < -0.4 is 5.32 Å². The number of nitrogens with one attached hydrogen (secondary N) is 1. The lowest BCUT2D eigenvalue weighted by Crippen LogP contribution is -2.21. The van der Waals surface area contributed by atoms with Crippen LogP contribution in [-0.4, -0.2) is 11.5 Å². The van der Waals surface area contributed by atoms with Crippen molar-refractivity contribution in [2.24, 2.45) is 11.8 Å². The van der Waals surface area contributed by atoms with Crippen molar-refractivity contribution in [3.05, 3.63) is 22.9 Å². The molecule has 96 valence electrons. The van der Waals surface area contributed by atoms with E-state index in [9.17, 15) is 5.26 Å². The van der Waals surface area contributed by atoms with Crippen molar-refractivity contribution in [3.8, 4) is 6.07 Å². The van der Waals surface area contributed by atoms with E-state index in [-0.39, 0.29) is 0 Å². The van der Waals surface area contributed by atoms with Crippen LogP contribution in [-0.2, 0) is 12.8 Å². The molecule has 0 amide bonds. The summed E-state index contributed by atoms with van der Waals surface area (Å²) in [5.74, 6) is 2.19. The third-order valence-electron chi connectivity index (χ3n) is 3.83. The summed E-state index contributed by atoms with van der Waals surface area (Å²) in [6.07, 6.45) is 3.33. The predicted molar refractivity (Wildman–Crippen MR) is 73.5 cm³/mol. The summed E-state index contributed by atoms with van der Waals surface area (Å²) < 4.78 is 0. The maximum atomic E-state index is 9.19. The fraction of sp³-hybridized carbons (Fsp3) is 0.600. The lowest BCUT2D eigenvalue weighted by atomic mass is 9.80. The molecule has 3 heteroatoms. The van der Waals surface area contributed by atoms with E-state index < -0.39 is 0 Å². The van der Waals surface area contributed by atoms with E-state index in [1.165, 1.54) is 17.7 Å². The highest BCUT2D eigenvalue weighted by molar-refractivity contribution is 5.54. The fourth-order valence-electron chi connectivity index (χ4n) is 2.65. The molecule has 0 aliphatic heterocycles. The Labute approximate surface area is 109 Å². The molecule has 3 nitrogen and oxygen atoms in total. The molecule has 1 N–H and O–H groups in total. The van der Waals surface area contributed by atoms with Gasteiger partial charge in [0.05, 0.1) is 5.56 Å². The topological polar surface area (TPSA) is 48.7 Å². The molecule has 1 aliphatic rings. The number of anilines is 1. The molecule has 1 unspecified atom stereocenters. The van der Waals surface area contributed by atoms with Gasteiger partial charge in [-0.1, -0.05) is 13.8 Å². The molecular weight excluding hydrogens is 222 g/mol. The number of rotatable bonds is 3. The number of hydrogen-bond donors (Lipinski definition) is 1. The Morgan fingerprint density at radius 3 is 2.94 bits per heavy atom. The van der Waals surface area contributed by atoms with Crippen LogP contribution in [0.4, 0.5) is 5.82 Å². The highest BCUT2D eigenvalue weighted by atomic mass is 15.0. The largest absolute Gasteiger partial charge is 0.369 e. The molecule has 0 radical (unpaired) electrons. The van der Waals surface area contributed by atoms with Crippen molar-refractivity contribution in [2.75, 3.05) is 11.9 Å². The summed E-state index contributed by atoms with van der Waals surface area (Å²) in [5, 5.41) is 12.4. The van der Waals surface area contributed by atoms with Crippen LogP contribution in [0.15, 0.2) is 6.07 Å². The molecule has 1 heterocycles. The second-order valence-electron chi connectivity index (χ2n) is 5.38. The van der Waals surface area contributed by atoms with Crippen molar-refractivity contribution < 1.29 is 0 Å². The molecule has 0 spiro atoms. The van der Waals surface area contributed by atoms with Crippen molar-refractivity contribution in [2.45, 2.75) is 40.0 Å². The Kier molecular flexibility index (Phi) is 3.86. The predicted octanol–water partition coefficient (Wildman–Crippen LogP) is 3.15. The molecular formula is C15H21N3. The van der Waals surface area contributed by atoms with Gasteiger partial charge < -0.3 is 5.32 Å². The monoisotopic (exact) mass is 243 g/mol. The molecule has 0 saturated carbocycles. The van der Waals surface area contributed by atoms with Gasteiger partial charge in [-0.15, -0.1) is 0 Å². The number of nitriles is 1. The van der Waals surface area contributed by atoms with Gasteiger partial charge in [-0.25, -0.2) is 4.98 Å². The first-order valence-electron chi connectivity index (χ1n) is 6.82. The Morgan fingerprint density at radius 1 is 1.56 bits per heavy atom. The number of aromatic nitrogens is 1. The number of pyridine rings is 1. The molecule has 0 bridgehead atoms. The number of nitrogens with zero attached hydrogens (tertiary/aromatic N) is 2. The van der Waals surface area contributed by atoms with Gasteiger partial charge in [0.2, 0.25) is 0 Å². The summed E-state index contributed by atoms with van der Waals surface area (Å²) in [6.45, 7) is 7.38. The van der Waals surface area contributed by atoms with Crippen LogP contribution in [0.5, 0.6) is 0 Å². The van der Waals surface area contributed by atoms with E-state index in [0.717, 1.165) is 31.1 Å². The number of fused-ring (bicyclic) bond motifs is 1. The van der Waals surface area contributed by atoms with Crippen molar-refractivity contribution >= 4 is 5.82 Å². The van der Waals surface area contributed by atoms with E-state index in [1.54, 1.807) is 0 Å². The van der Waals surface area contributed by atoms with Gasteiger partial charge in [-0.2, -0.15) is 5.26 Å². The zero-order valence-electron chi connectivity index (χ0n) is 11.5. The third kappa shape index (κ3) is 2.48. The summed E-state index contributed by atoms with van der Waals surface area (Å²) in [4.78, 5) is 4.63. The summed E-state index contributed by atoms with van der Waals surface area (Å²) in [5.41, 5.74) is 3.14. The van der Waals surface area contributed by atoms with Crippen LogP contribution in [0.2, 0.25) is 0 Å². The molecule has 18 heavy (non-hydrogen) atoms. The van der Waals surface area contributed by atoms with E-state index >= 15 is 0 Å². The van der Waals surface area contributed by atoms with Crippen LogP contribution in [0.25, 0.3) is 0 Å². The Balaban J connectivity index is 2.33. The third-order valence-corrected chi connectivity index (χ3v) is 3.83. The molecule has 1 atom stereocenters. The lowest BCUT2D eigenvalue weighted by molar-refractivity contribution is 0.340. The van der Waals surface area contributed by atoms with Gasteiger partial charge in [0, 0.05) is 12.2 Å². The molecule has 1 aromatic rings. The van der Waals surface area contributed by atoms with E-state index in [1.807, 2.05) is 13.0 Å². The Morgan fingerprint density at radius 2 is 2.33 bits per heavy atom. The van der Waals surface area contributed by atoms with Crippen LogP contribution in [0.3, 0.4) is 0 Å². The normalized spacial score (nSPS) is 18.3. The zero-order valence-corrected chi connectivity index (χ0v) is 11.5. The first-order chi connectivity index (χ1) is 8.65. The van der Waals surface area contributed by atoms with Crippen LogP contribution >= 0.6 is 0 Å². The highest BCUT2D eigenvalue weighted by Gasteiger charge is 2.23. The Bertz CT molecular complexity index is 471. The van der Waals surface area contributed by atoms with Gasteiger partial charge in [0.25, 0.3) is 0 Å². The van der Waals surface area contributed by atoms with Crippen LogP contribution in [0, 0.1) is 23.2 Å². The summed E-state index contributed by atoms with van der Waals surface area (Å²) in [6, 6.07) is 4.29. The zero-order chi connectivity index (χ0) is 13.1. The SMILES string of the molecule is CCNc1nc2c(cc1C#N)CC(C(C)C)CC2. The smallest absolute Gasteiger partial charge is 0.144 e. The molecule has 1 aromatic heterocycles. The van der Waals surface area contributed by atoms with Gasteiger partial charge in [-0.05, 0) is 49.7 Å². The van der Waals surface area contributed by atoms with E-state index in [0.29, 0.717) is 11.5 Å². The first kappa shape index (κ1) is 12.9. The van der Waals surface area contributed by atoms with Crippen LogP contribution in [0.1, 0.15) is 44.0 Å². The highest BCUT2D eigenvalue weighted by Crippen LogP contribution is 2.31. The maximum Gasteiger partial charge on any atom is 0.144 e. The fourth-order valence-corrected chi connectivity index (χ4v) is 2.65.